The van der Waals surface area contributed by atoms with Crippen molar-refractivity contribution >= 4 is 28.6 Å². The van der Waals surface area contributed by atoms with Crippen LogP contribution in [0.2, 0.25) is 0 Å². The number of aromatic nitrogens is 3. The van der Waals surface area contributed by atoms with E-state index in [0.29, 0.717) is 23.2 Å². The van der Waals surface area contributed by atoms with Gasteiger partial charge in [0.15, 0.2) is 11.0 Å². The first kappa shape index (κ1) is 31.9. The zero-order chi connectivity index (χ0) is 32.1. The van der Waals surface area contributed by atoms with E-state index in [-0.39, 0.29) is 23.6 Å². The normalized spacial score (nSPS) is 15.0. The standard InChI is InChI=1S/C32H33F3N6O3S/c1-20(2)27-17-26(43-4)13-14-28(27)40-15-16-45-31(40)38-30(42)36-18-21(3)22-5-7-23(8-6-22)29-37-19-41(39-29)24-9-11-25(12-10-24)44-32(33,34)35/h5-14,17,19-21H,15-16,18H2,1-4H3,(H,36,42)/b38-31-. The number of anilines is 1. The molecule has 1 aromatic heterocycles. The number of nitrogens with one attached hydrogen (secondary N) is 1. The smallest absolute Gasteiger partial charge is 0.497 e. The molecule has 236 valence electrons. The maximum absolute atomic E-state index is 12.8. The van der Waals surface area contributed by atoms with Crippen LogP contribution >= 0.6 is 11.8 Å². The second-order valence-corrected chi connectivity index (χ2v) is 11.8. The molecule has 2 heterocycles. The molecule has 9 nitrogen and oxygen atoms in total. The number of amidine groups is 1. The van der Waals surface area contributed by atoms with Crippen LogP contribution in [0.4, 0.5) is 23.7 Å². The molecule has 1 N–H and O–H groups in total. The summed E-state index contributed by atoms with van der Waals surface area (Å²) in [5.41, 5.74) is 4.50. The van der Waals surface area contributed by atoms with Gasteiger partial charge in [0, 0.05) is 30.1 Å². The predicted octanol–water partition coefficient (Wildman–Crippen LogP) is 7.39. The van der Waals surface area contributed by atoms with Crippen LogP contribution in [0.1, 0.15) is 43.7 Å². The van der Waals surface area contributed by atoms with Crippen LogP contribution in [0, 0.1) is 0 Å². The number of hydrogen-bond acceptors (Lipinski definition) is 6. The molecule has 0 saturated carbocycles. The summed E-state index contributed by atoms with van der Waals surface area (Å²) < 4.78 is 48.1. The Balaban J connectivity index is 1.19. The molecule has 2 amide bonds. The van der Waals surface area contributed by atoms with Crippen LogP contribution in [-0.2, 0) is 0 Å². The monoisotopic (exact) mass is 638 g/mol. The summed E-state index contributed by atoms with van der Waals surface area (Å²) in [6.45, 7) is 7.45. The fraction of sp³-hybridized carbons (Fsp3) is 0.312. The average Bonchev–Trinajstić information content (AvgIpc) is 3.69. The van der Waals surface area contributed by atoms with Gasteiger partial charge in [-0.3, -0.25) is 0 Å². The Kier molecular flexibility index (Phi) is 9.66. The summed E-state index contributed by atoms with van der Waals surface area (Å²) in [5, 5.41) is 8.06. The maximum Gasteiger partial charge on any atom is 0.573 e. The van der Waals surface area contributed by atoms with Gasteiger partial charge < -0.3 is 19.7 Å². The third-order valence-corrected chi connectivity index (χ3v) is 8.20. The number of rotatable bonds is 9. The lowest BCUT2D eigenvalue weighted by atomic mass is 10.00. The molecule has 1 unspecified atom stereocenters. The highest BCUT2D eigenvalue weighted by molar-refractivity contribution is 8.14. The number of aliphatic imine (C=N–C) groups is 1. The summed E-state index contributed by atoms with van der Waals surface area (Å²) in [6, 6.07) is 18.7. The highest BCUT2D eigenvalue weighted by Gasteiger charge is 2.31. The van der Waals surface area contributed by atoms with E-state index in [1.54, 1.807) is 18.9 Å². The van der Waals surface area contributed by atoms with E-state index in [4.69, 9.17) is 4.74 Å². The molecule has 1 fully saturated rings. The Morgan fingerprint density at radius 3 is 2.42 bits per heavy atom. The van der Waals surface area contributed by atoms with Crippen molar-refractivity contribution in [3.05, 3.63) is 84.2 Å². The molecule has 13 heteroatoms. The third-order valence-electron chi connectivity index (χ3n) is 7.25. The van der Waals surface area contributed by atoms with Gasteiger partial charge in [0.25, 0.3) is 0 Å². The highest BCUT2D eigenvalue weighted by atomic mass is 32.2. The number of carbonyl (C=O) groups excluding carboxylic acids is 1. The van der Waals surface area contributed by atoms with Crippen molar-refractivity contribution in [3.63, 3.8) is 0 Å². The molecule has 0 bridgehead atoms. The number of alkyl halides is 3. The number of nitrogens with zero attached hydrogens (tertiary/aromatic N) is 5. The molecule has 1 aliphatic heterocycles. The second-order valence-electron chi connectivity index (χ2n) is 10.7. The Hall–Kier alpha value is -4.52. The van der Waals surface area contributed by atoms with E-state index < -0.39 is 6.36 Å². The van der Waals surface area contributed by atoms with Gasteiger partial charge in [-0.2, -0.15) is 4.99 Å². The van der Waals surface area contributed by atoms with E-state index in [1.807, 2.05) is 49.4 Å². The van der Waals surface area contributed by atoms with Gasteiger partial charge in [-0.25, -0.2) is 14.5 Å². The largest absolute Gasteiger partial charge is 0.573 e. The van der Waals surface area contributed by atoms with Gasteiger partial charge >= 0.3 is 12.4 Å². The number of carbonyl (C=O) groups is 1. The number of methoxy groups -OCH3 is 1. The van der Waals surface area contributed by atoms with E-state index in [0.717, 1.165) is 40.4 Å². The first-order valence-corrected chi connectivity index (χ1v) is 15.3. The molecule has 0 spiro atoms. The first-order valence-electron chi connectivity index (χ1n) is 14.3. The van der Waals surface area contributed by atoms with Gasteiger partial charge in [0.05, 0.1) is 12.8 Å². The Bertz CT molecular complexity index is 1660. The van der Waals surface area contributed by atoms with Crippen molar-refractivity contribution in [2.75, 3.05) is 30.9 Å². The van der Waals surface area contributed by atoms with E-state index >= 15 is 0 Å². The molecule has 0 radical (unpaired) electrons. The molecule has 0 aliphatic carbocycles. The summed E-state index contributed by atoms with van der Waals surface area (Å²) in [7, 11) is 1.65. The zero-order valence-electron chi connectivity index (χ0n) is 25.2. The minimum atomic E-state index is -4.75. The zero-order valence-corrected chi connectivity index (χ0v) is 26.0. The molecule has 1 aliphatic rings. The van der Waals surface area contributed by atoms with Crippen molar-refractivity contribution in [1.29, 1.82) is 0 Å². The van der Waals surface area contributed by atoms with Crippen molar-refractivity contribution in [2.24, 2.45) is 4.99 Å². The Morgan fingerprint density at radius 1 is 1.04 bits per heavy atom. The molecule has 1 atom stereocenters. The molecule has 4 aromatic rings. The number of amides is 2. The SMILES string of the molecule is COc1ccc(N2CCS/C2=N\C(=O)NCC(C)c2ccc(-c3ncn(-c4ccc(OC(F)(F)F)cc4)n3)cc2)c(C(C)C)c1. The van der Waals surface area contributed by atoms with Crippen LogP contribution in [0.3, 0.4) is 0 Å². The molecule has 1 saturated heterocycles. The first-order chi connectivity index (χ1) is 21.5. The maximum atomic E-state index is 12.8. The number of urea groups is 1. The highest BCUT2D eigenvalue weighted by Crippen LogP contribution is 2.35. The Morgan fingerprint density at radius 2 is 1.76 bits per heavy atom. The molecule has 45 heavy (non-hydrogen) atoms. The van der Waals surface area contributed by atoms with Crippen LogP contribution in [0.5, 0.6) is 11.5 Å². The fourth-order valence-electron chi connectivity index (χ4n) is 4.85. The van der Waals surface area contributed by atoms with E-state index in [9.17, 15) is 18.0 Å². The van der Waals surface area contributed by atoms with Gasteiger partial charge in [0.1, 0.15) is 17.8 Å². The summed E-state index contributed by atoms with van der Waals surface area (Å²) >= 11 is 1.56. The quantitative estimate of drug-likeness (QED) is 0.204. The topological polar surface area (TPSA) is 93.9 Å². The average molecular weight is 639 g/mol. The minimum absolute atomic E-state index is 0.0209. The van der Waals surface area contributed by atoms with Crippen LogP contribution < -0.4 is 19.7 Å². The second kappa shape index (κ2) is 13.6. The summed E-state index contributed by atoms with van der Waals surface area (Å²) in [5.74, 6) is 2.09. The van der Waals surface area contributed by atoms with Crippen molar-refractivity contribution < 1.29 is 27.4 Å². The van der Waals surface area contributed by atoms with E-state index in [1.165, 1.54) is 35.3 Å². The van der Waals surface area contributed by atoms with Crippen molar-refractivity contribution in [2.45, 2.75) is 39.0 Å². The van der Waals surface area contributed by atoms with Gasteiger partial charge in [0.2, 0.25) is 0 Å². The van der Waals surface area contributed by atoms with Gasteiger partial charge in [-0.1, -0.05) is 56.8 Å². The minimum Gasteiger partial charge on any atom is -0.497 e. The molecule has 5 rings (SSSR count). The Labute approximate surface area is 263 Å². The van der Waals surface area contributed by atoms with E-state index in [2.05, 4.69) is 43.9 Å². The van der Waals surface area contributed by atoms with Crippen LogP contribution in [0.15, 0.2) is 78.0 Å². The lowest BCUT2D eigenvalue weighted by molar-refractivity contribution is -0.274. The van der Waals surface area contributed by atoms with Crippen LogP contribution in [0.25, 0.3) is 17.1 Å². The molecular weight excluding hydrogens is 605 g/mol. The lowest BCUT2D eigenvalue weighted by Gasteiger charge is -2.23. The molecular formula is C32H33F3N6O3S. The number of benzene rings is 3. The van der Waals surface area contributed by atoms with Gasteiger partial charge in [-0.15, -0.1) is 18.3 Å². The lowest BCUT2D eigenvalue weighted by Crippen LogP contribution is -2.30. The number of ether oxygens (including phenoxy) is 2. The number of hydrogen-bond donors (Lipinski definition) is 1. The van der Waals surface area contributed by atoms with Crippen LogP contribution in [-0.4, -0.2) is 58.3 Å². The van der Waals surface area contributed by atoms with Crippen molar-refractivity contribution in [3.8, 4) is 28.6 Å². The van der Waals surface area contributed by atoms with Gasteiger partial charge in [-0.05, 0) is 65.4 Å². The predicted molar refractivity (Wildman–Crippen MR) is 170 cm³/mol. The molecule has 3 aromatic carbocycles. The van der Waals surface area contributed by atoms with Crippen molar-refractivity contribution in [1.82, 2.24) is 20.1 Å². The fourth-order valence-corrected chi connectivity index (χ4v) is 5.80. The number of thioether (sulfide) groups is 1. The summed E-state index contributed by atoms with van der Waals surface area (Å²) in [6.07, 6.45) is -3.26. The number of halogens is 3. The third kappa shape index (κ3) is 7.96. The summed E-state index contributed by atoms with van der Waals surface area (Å²) in [4.78, 5) is 23.7.